The topological polar surface area (TPSA) is 54.9 Å². The van der Waals surface area contributed by atoms with E-state index in [9.17, 15) is 4.79 Å². The number of carbonyl (C=O) groups excluding carboxylic acids is 1. The molecule has 1 atom stereocenters. The minimum absolute atomic E-state index is 0.0433. The predicted octanol–water partition coefficient (Wildman–Crippen LogP) is 4.14. The molecule has 106 valence electrons. The number of halogens is 1. The number of thioether (sulfide) groups is 2. The molecule has 1 N–H and O–H groups in total. The molecule has 1 aromatic carbocycles. The first-order chi connectivity index (χ1) is 9.58. The van der Waals surface area contributed by atoms with Crippen LogP contribution in [-0.2, 0) is 4.79 Å². The van der Waals surface area contributed by atoms with E-state index in [0.717, 1.165) is 18.8 Å². The Bertz CT molecular complexity index is 588. The largest absolute Gasteiger partial charge is 0.325 e. The molecule has 0 spiro atoms. The van der Waals surface area contributed by atoms with E-state index in [2.05, 4.69) is 31.4 Å². The summed E-state index contributed by atoms with van der Waals surface area (Å²) < 4.78 is 2.71. The summed E-state index contributed by atoms with van der Waals surface area (Å²) in [6.45, 7) is 1.86. The predicted molar refractivity (Wildman–Crippen MR) is 89.8 cm³/mol. The van der Waals surface area contributed by atoms with Crippen LogP contribution < -0.4 is 5.32 Å². The number of aromatic nitrogens is 2. The first-order valence-corrected chi connectivity index (χ1v) is 9.40. The Morgan fingerprint density at radius 3 is 2.55 bits per heavy atom. The van der Waals surface area contributed by atoms with E-state index in [1.54, 1.807) is 11.8 Å². The van der Waals surface area contributed by atoms with Crippen molar-refractivity contribution in [3.8, 4) is 0 Å². The summed E-state index contributed by atoms with van der Waals surface area (Å²) in [5.41, 5.74) is 0.785. The van der Waals surface area contributed by atoms with Gasteiger partial charge in [-0.15, -0.1) is 10.2 Å². The first-order valence-electron chi connectivity index (χ1n) is 5.69. The van der Waals surface area contributed by atoms with Crippen LogP contribution in [-0.4, -0.2) is 27.6 Å². The third-order valence-electron chi connectivity index (χ3n) is 2.32. The Morgan fingerprint density at radius 2 is 1.95 bits per heavy atom. The minimum atomic E-state index is -0.221. The highest BCUT2D eigenvalue weighted by molar-refractivity contribution is 9.10. The number of carbonyl (C=O) groups is 1. The molecule has 4 nitrogen and oxygen atoms in total. The maximum Gasteiger partial charge on any atom is 0.237 e. The molecule has 0 saturated carbocycles. The quantitative estimate of drug-likeness (QED) is 0.778. The maximum atomic E-state index is 12.1. The Labute approximate surface area is 138 Å². The van der Waals surface area contributed by atoms with Crippen molar-refractivity contribution in [3.05, 3.63) is 28.7 Å². The second-order valence-electron chi connectivity index (χ2n) is 3.79. The Kier molecular flexibility index (Phi) is 5.88. The number of rotatable bonds is 5. The fourth-order valence-electron chi connectivity index (χ4n) is 1.31. The van der Waals surface area contributed by atoms with Crippen LogP contribution in [0, 0.1) is 0 Å². The first kappa shape index (κ1) is 15.8. The van der Waals surface area contributed by atoms with Crippen LogP contribution in [0.25, 0.3) is 0 Å². The molecule has 0 aliphatic carbocycles. The highest BCUT2D eigenvalue weighted by Gasteiger charge is 2.17. The maximum absolute atomic E-state index is 12.1. The van der Waals surface area contributed by atoms with Crippen molar-refractivity contribution in [2.75, 3.05) is 11.6 Å². The van der Waals surface area contributed by atoms with E-state index in [4.69, 9.17) is 0 Å². The molecular formula is C12H12BrN3OS3. The van der Waals surface area contributed by atoms with Crippen molar-refractivity contribution in [1.29, 1.82) is 0 Å². The van der Waals surface area contributed by atoms with Crippen molar-refractivity contribution in [1.82, 2.24) is 10.2 Å². The highest BCUT2D eigenvalue weighted by Crippen LogP contribution is 2.30. The van der Waals surface area contributed by atoms with Crippen LogP contribution in [0.3, 0.4) is 0 Å². The second kappa shape index (κ2) is 7.44. The van der Waals surface area contributed by atoms with Gasteiger partial charge in [-0.3, -0.25) is 4.79 Å². The summed E-state index contributed by atoms with van der Waals surface area (Å²) in [5.74, 6) is -0.0433. The summed E-state index contributed by atoms with van der Waals surface area (Å²) in [5, 5.41) is 10.7. The normalized spacial score (nSPS) is 12.2. The molecule has 0 aliphatic rings. The van der Waals surface area contributed by atoms with Crippen molar-refractivity contribution >= 4 is 62.4 Å². The molecule has 2 rings (SSSR count). The van der Waals surface area contributed by atoms with Crippen LogP contribution in [0.4, 0.5) is 5.69 Å². The van der Waals surface area contributed by atoms with Crippen molar-refractivity contribution in [3.63, 3.8) is 0 Å². The number of nitrogens with zero attached hydrogens (tertiary/aromatic N) is 2. The molecule has 0 bridgehead atoms. The Morgan fingerprint density at radius 1 is 1.30 bits per heavy atom. The third kappa shape index (κ3) is 4.47. The average Bonchev–Trinajstić information content (AvgIpc) is 2.89. The molecule has 1 heterocycles. The number of anilines is 1. The van der Waals surface area contributed by atoms with Crippen LogP contribution in [0.15, 0.2) is 37.4 Å². The molecule has 0 radical (unpaired) electrons. The van der Waals surface area contributed by atoms with Gasteiger partial charge in [-0.05, 0) is 37.4 Å². The Hall–Kier alpha value is -0.570. The zero-order valence-corrected chi connectivity index (χ0v) is 14.8. The third-order valence-corrected chi connectivity index (χ3v) is 5.93. The monoisotopic (exact) mass is 389 g/mol. The van der Waals surface area contributed by atoms with Crippen molar-refractivity contribution < 1.29 is 4.79 Å². The lowest BCUT2D eigenvalue weighted by Gasteiger charge is -2.10. The van der Waals surface area contributed by atoms with Crippen LogP contribution >= 0.6 is 50.8 Å². The average molecular weight is 390 g/mol. The van der Waals surface area contributed by atoms with Crippen LogP contribution in [0.1, 0.15) is 6.92 Å². The summed E-state index contributed by atoms with van der Waals surface area (Å²) in [7, 11) is 0. The van der Waals surface area contributed by atoms with Gasteiger partial charge in [-0.2, -0.15) is 0 Å². The summed E-state index contributed by atoms with van der Waals surface area (Å²) in [6.07, 6.45) is 1.96. The summed E-state index contributed by atoms with van der Waals surface area (Å²) in [4.78, 5) is 12.1. The molecule has 20 heavy (non-hydrogen) atoms. The van der Waals surface area contributed by atoms with Gasteiger partial charge >= 0.3 is 0 Å². The standard InChI is InChI=1S/C12H12BrN3OS3/c1-7(19-12-16-15-11(18-2)20-12)10(17)14-9-5-3-8(13)4-6-9/h3-7H,1-2H3,(H,14,17). The number of hydrogen-bond acceptors (Lipinski definition) is 6. The lowest BCUT2D eigenvalue weighted by molar-refractivity contribution is -0.115. The molecule has 0 fully saturated rings. The van der Waals surface area contributed by atoms with Gasteiger partial charge in [0.05, 0.1) is 5.25 Å². The number of nitrogens with one attached hydrogen (secondary N) is 1. The van der Waals surface area contributed by atoms with E-state index >= 15 is 0 Å². The summed E-state index contributed by atoms with van der Waals surface area (Å²) in [6, 6.07) is 7.50. The molecular weight excluding hydrogens is 378 g/mol. The zero-order valence-electron chi connectivity index (χ0n) is 10.8. The van der Waals surface area contributed by atoms with E-state index in [0.29, 0.717) is 0 Å². The van der Waals surface area contributed by atoms with E-state index < -0.39 is 0 Å². The molecule has 2 aromatic rings. The molecule has 0 aliphatic heterocycles. The van der Waals surface area contributed by atoms with Gasteiger partial charge in [0, 0.05) is 10.2 Å². The highest BCUT2D eigenvalue weighted by atomic mass is 79.9. The van der Waals surface area contributed by atoms with Crippen LogP contribution in [0.2, 0.25) is 0 Å². The molecule has 1 unspecified atom stereocenters. The van der Waals surface area contributed by atoms with E-state index in [1.807, 2.05) is 37.4 Å². The molecule has 0 saturated heterocycles. The van der Waals surface area contributed by atoms with Gasteiger partial charge in [0.15, 0.2) is 8.68 Å². The number of hydrogen-bond donors (Lipinski definition) is 1. The van der Waals surface area contributed by atoms with Crippen LogP contribution in [0.5, 0.6) is 0 Å². The van der Waals surface area contributed by atoms with E-state index in [-0.39, 0.29) is 11.2 Å². The van der Waals surface area contributed by atoms with E-state index in [1.165, 1.54) is 23.1 Å². The number of amides is 1. The smallest absolute Gasteiger partial charge is 0.237 e. The van der Waals surface area contributed by atoms with Gasteiger partial charge in [-0.25, -0.2) is 0 Å². The minimum Gasteiger partial charge on any atom is -0.325 e. The number of benzene rings is 1. The van der Waals surface area contributed by atoms with Gasteiger partial charge in [0.1, 0.15) is 0 Å². The van der Waals surface area contributed by atoms with Gasteiger partial charge in [0.25, 0.3) is 0 Å². The van der Waals surface area contributed by atoms with Crippen molar-refractivity contribution in [2.24, 2.45) is 0 Å². The fraction of sp³-hybridized carbons (Fsp3) is 0.250. The molecule has 8 heteroatoms. The van der Waals surface area contributed by atoms with Gasteiger partial charge < -0.3 is 5.32 Å². The zero-order chi connectivity index (χ0) is 14.5. The SMILES string of the molecule is CSc1nnc(SC(C)C(=O)Nc2ccc(Br)cc2)s1. The van der Waals surface area contributed by atoms with Gasteiger partial charge in [-0.1, -0.05) is 50.8 Å². The molecule has 1 amide bonds. The second-order valence-corrected chi connectivity index (χ2v) is 8.33. The molecule has 1 aromatic heterocycles. The summed E-state index contributed by atoms with van der Waals surface area (Å²) >= 11 is 7.84. The van der Waals surface area contributed by atoms with Gasteiger partial charge in [0.2, 0.25) is 5.91 Å². The Balaban J connectivity index is 1.93. The fourth-order valence-corrected chi connectivity index (χ4v) is 4.16. The lowest BCUT2D eigenvalue weighted by atomic mass is 10.3. The van der Waals surface area contributed by atoms with Crippen molar-refractivity contribution in [2.45, 2.75) is 20.9 Å². The lowest BCUT2D eigenvalue weighted by Crippen LogP contribution is -2.22.